The molecule has 0 radical (unpaired) electrons. The van der Waals surface area contributed by atoms with Crippen molar-refractivity contribution in [1.82, 2.24) is 4.98 Å². The van der Waals surface area contributed by atoms with Gasteiger partial charge in [0, 0.05) is 29.3 Å². The van der Waals surface area contributed by atoms with Gasteiger partial charge in [-0.3, -0.25) is 9.78 Å². The number of nitrogens with two attached hydrogens (primary N) is 1. The van der Waals surface area contributed by atoms with Crippen LogP contribution in [0.15, 0.2) is 22.9 Å². The van der Waals surface area contributed by atoms with Crippen molar-refractivity contribution in [1.29, 1.82) is 0 Å². The van der Waals surface area contributed by atoms with Crippen LogP contribution in [0.2, 0.25) is 0 Å². The second-order valence-corrected chi connectivity index (χ2v) is 4.07. The van der Waals surface area contributed by atoms with Crippen LogP contribution in [0.5, 0.6) is 0 Å². The molecule has 0 spiro atoms. The summed E-state index contributed by atoms with van der Waals surface area (Å²) < 4.78 is 5.42. The molecule has 0 aromatic carbocycles. The first-order valence-electron chi connectivity index (χ1n) is 4.56. The SMILES string of the molecule is COC(=O)CCC(N)c1cncc(Br)c1. The summed E-state index contributed by atoms with van der Waals surface area (Å²) >= 11 is 3.31. The number of aromatic nitrogens is 1. The molecule has 0 fully saturated rings. The maximum Gasteiger partial charge on any atom is 0.305 e. The van der Waals surface area contributed by atoms with Crippen LogP contribution in [0.3, 0.4) is 0 Å². The third-order valence-electron chi connectivity index (χ3n) is 2.04. The first kappa shape index (κ1) is 12.1. The van der Waals surface area contributed by atoms with E-state index in [9.17, 15) is 4.79 Å². The zero-order valence-electron chi connectivity index (χ0n) is 8.44. The number of halogens is 1. The Morgan fingerprint density at radius 3 is 3.00 bits per heavy atom. The Kier molecular flexibility index (Phi) is 4.71. The van der Waals surface area contributed by atoms with Gasteiger partial charge in [0.1, 0.15) is 0 Å². The third-order valence-corrected chi connectivity index (χ3v) is 2.47. The molecule has 0 aliphatic rings. The molecule has 1 heterocycles. The molecular formula is C10H13BrN2O2. The molecule has 0 aliphatic heterocycles. The minimum absolute atomic E-state index is 0.186. The van der Waals surface area contributed by atoms with Gasteiger partial charge in [-0.05, 0) is 34.0 Å². The van der Waals surface area contributed by atoms with Gasteiger partial charge in [-0.25, -0.2) is 0 Å². The molecule has 1 unspecified atom stereocenters. The molecule has 0 saturated carbocycles. The number of carbonyl (C=O) groups is 1. The van der Waals surface area contributed by atoms with Crippen LogP contribution in [0, 0.1) is 0 Å². The summed E-state index contributed by atoms with van der Waals surface area (Å²) in [6, 6.07) is 1.71. The Morgan fingerprint density at radius 1 is 1.67 bits per heavy atom. The zero-order chi connectivity index (χ0) is 11.3. The standard InChI is InChI=1S/C10H13BrN2O2/c1-15-10(14)3-2-9(12)7-4-8(11)6-13-5-7/h4-6,9H,2-3,12H2,1H3. The number of ether oxygens (including phenoxy) is 1. The summed E-state index contributed by atoms with van der Waals surface area (Å²) in [7, 11) is 1.37. The molecule has 1 rings (SSSR count). The van der Waals surface area contributed by atoms with Crippen LogP contribution in [0.4, 0.5) is 0 Å². The van der Waals surface area contributed by atoms with Crippen LogP contribution in [-0.2, 0) is 9.53 Å². The van der Waals surface area contributed by atoms with E-state index in [-0.39, 0.29) is 12.0 Å². The molecule has 1 aromatic heterocycles. The maximum atomic E-state index is 10.9. The Balaban J connectivity index is 2.53. The Bertz CT molecular complexity index is 344. The predicted octanol–water partition coefficient (Wildman–Crippen LogP) is 1.80. The van der Waals surface area contributed by atoms with Crippen molar-refractivity contribution in [2.24, 2.45) is 5.73 Å². The number of nitrogens with zero attached hydrogens (tertiary/aromatic N) is 1. The highest BCUT2D eigenvalue weighted by Crippen LogP contribution is 2.18. The molecule has 0 saturated heterocycles. The van der Waals surface area contributed by atoms with Crippen molar-refractivity contribution in [3.05, 3.63) is 28.5 Å². The minimum Gasteiger partial charge on any atom is -0.469 e. The Morgan fingerprint density at radius 2 is 2.40 bits per heavy atom. The van der Waals surface area contributed by atoms with Gasteiger partial charge in [-0.15, -0.1) is 0 Å². The Labute approximate surface area is 97.0 Å². The van der Waals surface area contributed by atoms with E-state index < -0.39 is 0 Å². The van der Waals surface area contributed by atoms with E-state index in [2.05, 4.69) is 25.7 Å². The number of hydrogen-bond acceptors (Lipinski definition) is 4. The summed E-state index contributed by atoms with van der Waals surface area (Å²) in [6.07, 6.45) is 4.28. The molecular weight excluding hydrogens is 260 g/mol. The maximum absolute atomic E-state index is 10.9. The van der Waals surface area contributed by atoms with Crippen LogP contribution in [0.25, 0.3) is 0 Å². The summed E-state index contributed by atoms with van der Waals surface area (Å²) in [5.41, 5.74) is 6.81. The van der Waals surface area contributed by atoms with Crippen molar-refractivity contribution >= 4 is 21.9 Å². The molecule has 1 atom stereocenters. The van der Waals surface area contributed by atoms with Crippen molar-refractivity contribution in [2.45, 2.75) is 18.9 Å². The topological polar surface area (TPSA) is 65.2 Å². The lowest BCUT2D eigenvalue weighted by molar-refractivity contribution is -0.140. The molecule has 1 aromatic rings. The molecule has 15 heavy (non-hydrogen) atoms. The van der Waals surface area contributed by atoms with Gasteiger partial charge in [0.05, 0.1) is 7.11 Å². The third kappa shape index (κ3) is 3.97. The van der Waals surface area contributed by atoms with Gasteiger partial charge in [0.2, 0.25) is 0 Å². The lowest BCUT2D eigenvalue weighted by Gasteiger charge is -2.10. The van der Waals surface area contributed by atoms with Crippen LogP contribution in [-0.4, -0.2) is 18.1 Å². The van der Waals surface area contributed by atoms with Gasteiger partial charge < -0.3 is 10.5 Å². The molecule has 4 nitrogen and oxygen atoms in total. The van der Waals surface area contributed by atoms with Crippen molar-refractivity contribution in [3.63, 3.8) is 0 Å². The second kappa shape index (κ2) is 5.82. The summed E-state index contributed by atoms with van der Waals surface area (Å²) in [5.74, 6) is -0.242. The lowest BCUT2D eigenvalue weighted by atomic mass is 10.1. The van der Waals surface area contributed by atoms with E-state index in [0.717, 1.165) is 10.0 Å². The number of esters is 1. The van der Waals surface area contributed by atoms with E-state index in [1.165, 1.54) is 7.11 Å². The monoisotopic (exact) mass is 272 g/mol. The molecule has 0 amide bonds. The van der Waals surface area contributed by atoms with Gasteiger partial charge in [0.15, 0.2) is 0 Å². The summed E-state index contributed by atoms with van der Waals surface area (Å²) in [4.78, 5) is 14.9. The predicted molar refractivity (Wildman–Crippen MR) is 60.1 cm³/mol. The largest absolute Gasteiger partial charge is 0.469 e. The van der Waals surface area contributed by atoms with Crippen LogP contribution in [0.1, 0.15) is 24.4 Å². The number of carbonyl (C=O) groups excluding carboxylic acids is 1. The number of rotatable bonds is 4. The quantitative estimate of drug-likeness (QED) is 0.849. The van der Waals surface area contributed by atoms with Crippen molar-refractivity contribution < 1.29 is 9.53 Å². The minimum atomic E-state index is -0.242. The average molecular weight is 273 g/mol. The molecule has 82 valence electrons. The van der Waals surface area contributed by atoms with Crippen molar-refractivity contribution in [2.75, 3.05) is 7.11 Å². The Hall–Kier alpha value is -0.940. The second-order valence-electron chi connectivity index (χ2n) is 3.16. The number of hydrogen-bond donors (Lipinski definition) is 1. The molecule has 0 aliphatic carbocycles. The van der Waals surface area contributed by atoms with Gasteiger partial charge >= 0.3 is 5.97 Å². The molecule has 2 N–H and O–H groups in total. The van der Waals surface area contributed by atoms with E-state index in [1.54, 1.807) is 12.4 Å². The van der Waals surface area contributed by atoms with Crippen LogP contribution >= 0.6 is 15.9 Å². The van der Waals surface area contributed by atoms with E-state index >= 15 is 0 Å². The molecule has 0 bridgehead atoms. The highest BCUT2D eigenvalue weighted by Gasteiger charge is 2.09. The fourth-order valence-corrected chi connectivity index (χ4v) is 1.56. The number of pyridine rings is 1. The van der Waals surface area contributed by atoms with Gasteiger partial charge in [0.25, 0.3) is 0 Å². The average Bonchev–Trinajstić information content (AvgIpc) is 2.25. The fraction of sp³-hybridized carbons (Fsp3) is 0.400. The summed E-state index contributed by atoms with van der Waals surface area (Å²) in [5, 5.41) is 0. The van der Waals surface area contributed by atoms with Crippen molar-refractivity contribution in [3.8, 4) is 0 Å². The summed E-state index contributed by atoms with van der Waals surface area (Å²) in [6.45, 7) is 0. The van der Waals surface area contributed by atoms with E-state index in [0.29, 0.717) is 12.8 Å². The highest BCUT2D eigenvalue weighted by atomic mass is 79.9. The fourth-order valence-electron chi connectivity index (χ4n) is 1.17. The smallest absolute Gasteiger partial charge is 0.305 e. The van der Waals surface area contributed by atoms with Gasteiger partial charge in [-0.1, -0.05) is 0 Å². The lowest BCUT2D eigenvalue weighted by Crippen LogP contribution is -2.13. The normalized spacial score (nSPS) is 12.2. The first-order chi connectivity index (χ1) is 7.13. The van der Waals surface area contributed by atoms with E-state index in [4.69, 9.17) is 5.73 Å². The van der Waals surface area contributed by atoms with Gasteiger partial charge in [-0.2, -0.15) is 0 Å². The molecule has 5 heteroatoms. The van der Waals surface area contributed by atoms with E-state index in [1.807, 2.05) is 6.07 Å². The zero-order valence-corrected chi connectivity index (χ0v) is 10.0. The van der Waals surface area contributed by atoms with Crippen LogP contribution < -0.4 is 5.73 Å². The highest BCUT2D eigenvalue weighted by molar-refractivity contribution is 9.10. The first-order valence-corrected chi connectivity index (χ1v) is 5.35. The number of methoxy groups -OCH3 is 1.